The van der Waals surface area contributed by atoms with Crippen LogP contribution in [0.2, 0.25) is 0 Å². The number of nitrogens with zero attached hydrogens (tertiary/aromatic N) is 1. The molecule has 33 heavy (non-hydrogen) atoms. The fourth-order valence-electron chi connectivity index (χ4n) is 4.55. The van der Waals surface area contributed by atoms with Crippen molar-refractivity contribution in [3.8, 4) is 0 Å². The Hall–Kier alpha value is -1.87. The summed E-state index contributed by atoms with van der Waals surface area (Å²) >= 11 is 5.37. The van der Waals surface area contributed by atoms with Gasteiger partial charge in [0.05, 0.1) is 0 Å². The van der Waals surface area contributed by atoms with Crippen molar-refractivity contribution in [1.82, 2.24) is 10.4 Å². The molecule has 0 atom stereocenters. The van der Waals surface area contributed by atoms with E-state index in [1.54, 1.807) is 0 Å². The van der Waals surface area contributed by atoms with Gasteiger partial charge in [0, 0.05) is 33.6 Å². The van der Waals surface area contributed by atoms with Crippen LogP contribution in [0.1, 0.15) is 40.5 Å². The second-order valence-corrected chi connectivity index (χ2v) is 12.6. The fraction of sp³-hybridized carbons (Fsp3) is 0.450. The predicted octanol–water partition coefficient (Wildman–Crippen LogP) is 2.99. The molecule has 0 aliphatic carbocycles. The Morgan fingerprint density at radius 1 is 0.970 bits per heavy atom. The maximum absolute atomic E-state index is 12.6. The Labute approximate surface area is 198 Å². The number of fused-ring (bicyclic) bond motifs is 1. The van der Waals surface area contributed by atoms with Gasteiger partial charge in [-0.15, -0.1) is 10.3 Å². The summed E-state index contributed by atoms with van der Waals surface area (Å²) in [6.07, 6.45) is 1.01. The van der Waals surface area contributed by atoms with Crippen LogP contribution in [0.3, 0.4) is 0 Å². The fourth-order valence-corrected chi connectivity index (χ4v) is 6.27. The minimum atomic E-state index is -4.73. The highest BCUT2D eigenvalue weighted by Crippen LogP contribution is 2.37. The number of nitrogens with one attached hydrogen (secondary N) is 2. The number of piperidine rings is 1. The van der Waals surface area contributed by atoms with E-state index in [1.165, 1.54) is 18.2 Å². The van der Waals surface area contributed by atoms with Crippen molar-refractivity contribution < 1.29 is 31.1 Å². The molecule has 4 N–H and O–H groups in total. The van der Waals surface area contributed by atoms with E-state index in [0.717, 1.165) is 17.2 Å². The maximum atomic E-state index is 12.6. The van der Waals surface area contributed by atoms with Crippen molar-refractivity contribution in [2.45, 2.75) is 67.4 Å². The molecule has 0 amide bonds. The molecule has 1 radical (unpaired) electrons. The summed E-state index contributed by atoms with van der Waals surface area (Å²) in [4.78, 5) is -1.06. The van der Waals surface area contributed by atoms with Crippen LogP contribution in [0.25, 0.3) is 10.8 Å². The molecule has 1 fully saturated rings. The zero-order valence-corrected chi connectivity index (χ0v) is 20.9. The molecule has 2 aromatic rings. The van der Waals surface area contributed by atoms with Gasteiger partial charge >= 0.3 is 0 Å². The molecular weight excluding hydrogens is 490 g/mol. The lowest BCUT2D eigenvalue weighted by molar-refractivity contribution is -0.289. The first-order valence-electron chi connectivity index (χ1n) is 9.98. The van der Waals surface area contributed by atoms with Gasteiger partial charge in [-0.1, -0.05) is 12.1 Å². The van der Waals surface area contributed by atoms with E-state index < -0.39 is 41.1 Å². The largest absolute Gasteiger partial charge is 0.360 e. The van der Waals surface area contributed by atoms with Crippen molar-refractivity contribution in [2.75, 3.05) is 5.32 Å². The summed E-state index contributed by atoms with van der Waals surface area (Å²) in [7, 11) is -9.41. The molecule has 10 nitrogen and oxygen atoms in total. The quantitative estimate of drug-likeness (QED) is 0.352. The minimum Gasteiger partial charge on any atom is -0.360 e. The molecule has 0 aromatic heterocycles. The zero-order valence-electron chi connectivity index (χ0n) is 18.5. The molecule has 0 bridgehead atoms. The maximum Gasteiger partial charge on any atom is 0.295 e. The highest BCUT2D eigenvalue weighted by atomic mass is 32.2. The summed E-state index contributed by atoms with van der Waals surface area (Å²) in [6, 6.07) is 5.96. The lowest BCUT2D eigenvalue weighted by Gasteiger charge is -2.50. The predicted molar refractivity (Wildman–Crippen MR) is 127 cm³/mol. The number of hydroxylamine groups is 2. The van der Waals surface area contributed by atoms with Gasteiger partial charge in [0.15, 0.2) is 5.11 Å². The third-order valence-corrected chi connectivity index (χ3v) is 7.68. The molecular formula is C20H26N3O7S3. The number of thiocarbonyl (C=S) groups is 1. The van der Waals surface area contributed by atoms with E-state index in [9.17, 15) is 31.1 Å². The standard InChI is InChI=1S/C20H26N3O7S3/c1-19(2)10-13(11-20(3,4)23(19)24)22-18(31)21-12-8-15-14(17(9-12)33(28,29)30)6-5-7-16(15)32(25,26)27/h5-9,13H,10-11H2,1-4H3,(H2,21,22,31)(H,25,26,27)(H,28,29,30). The molecule has 0 saturated carbocycles. The normalized spacial score (nSPS) is 19.4. The van der Waals surface area contributed by atoms with Crippen LogP contribution >= 0.6 is 12.2 Å². The Morgan fingerprint density at radius 2 is 1.52 bits per heavy atom. The van der Waals surface area contributed by atoms with Crippen molar-refractivity contribution in [3.05, 3.63) is 30.3 Å². The van der Waals surface area contributed by atoms with Crippen molar-refractivity contribution in [1.29, 1.82) is 0 Å². The average Bonchev–Trinajstić information content (AvgIpc) is 2.62. The Bertz CT molecular complexity index is 1300. The SMILES string of the molecule is CC1(C)CC(NC(=S)Nc2cc(S(=O)(=O)O)c3cccc(S(=O)(=O)O)c3c2)CC(C)(C)N1[O]. The molecule has 1 aliphatic heterocycles. The van der Waals surface area contributed by atoms with Crippen LogP contribution in [-0.4, -0.2) is 53.2 Å². The van der Waals surface area contributed by atoms with Gasteiger partial charge in [-0.2, -0.15) is 16.8 Å². The Morgan fingerprint density at radius 3 is 2.03 bits per heavy atom. The third kappa shape index (κ3) is 5.45. The zero-order chi connectivity index (χ0) is 25.0. The summed E-state index contributed by atoms with van der Waals surface area (Å²) < 4.78 is 66.8. The molecule has 0 unspecified atom stereocenters. The molecule has 1 aliphatic rings. The van der Waals surface area contributed by atoms with Gasteiger partial charge in [0.2, 0.25) is 0 Å². The highest BCUT2D eigenvalue weighted by Gasteiger charge is 2.46. The molecule has 2 aromatic carbocycles. The van der Waals surface area contributed by atoms with Crippen LogP contribution in [0.15, 0.2) is 40.1 Å². The van der Waals surface area contributed by atoms with Crippen LogP contribution in [-0.2, 0) is 25.4 Å². The summed E-state index contributed by atoms with van der Waals surface area (Å²) in [6.45, 7) is 7.35. The smallest absolute Gasteiger partial charge is 0.295 e. The number of anilines is 1. The molecule has 181 valence electrons. The number of hydrogen-bond acceptors (Lipinski definition) is 6. The third-order valence-electron chi connectivity index (χ3n) is 5.66. The summed E-state index contributed by atoms with van der Waals surface area (Å²) in [5.74, 6) is 0. The number of hydrogen-bond donors (Lipinski definition) is 4. The lowest BCUT2D eigenvalue weighted by Crippen LogP contribution is -2.62. The second kappa shape index (κ2) is 8.41. The van der Waals surface area contributed by atoms with Gasteiger partial charge in [0.25, 0.3) is 20.2 Å². The first-order chi connectivity index (χ1) is 14.9. The van der Waals surface area contributed by atoms with E-state index in [-0.39, 0.29) is 27.6 Å². The van der Waals surface area contributed by atoms with E-state index in [2.05, 4.69) is 10.6 Å². The van der Waals surface area contributed by atoms with Gasteiger partial charge in [0.1, 0.15) is 9.79 Å². The Balaban J connectivity index is 1.97. The van der Waals surface area contributed by atoms with Crippen LogP contribution in [0.5, 0.6) is 0 Å². The van der Waals surface area contributed by atoms with Crippen molar-refractivity contribution in [3.63, 3.8) is 0 Å². The average molecular weight is 517 g/mol. The molecule has 13 heteroatoms. The van der Waals surface area contributed by atoms with Crippen LogP contribution in [0, 0.1) is 0 Å². The molecule has 1 saturated heterocycles. The first kappa shape index (κ1) is 25.7. The van der Waals surface area contributed by atoms with E-state index in [1.807, 2.05) is 27.7 Å². The van der Waals surface area contributed by atoms with Crippen LogP contribution < -0.4 is 10.6 Å². The Kier molecular flexibility index (Phi) is 6.56. The topological polar surface area (TPSA) is 156 Å². The molecule has 3 rings (SSSR count). The van der Waals surface area contributed by atoms with Gasteiger partial charge in [-0.3, -0.25) is 9.11 Å². The monoisotopic (exact) mass is 516 g/mol. The summed E-state index contributed by atoms with van der Waals surface area (Å²) in [5.41, 5.74) is -1.19. The number of rotatable bonds is 4. The van der Waals surface area contributed by atoms with E-state index >= 15 is 0 Å². The van der Waals surface area contributed by atoms with Crippen molar-refractivity contribution >= 4 is 54.0 Å². The number of benzene rings is 2. The minimum absolute atomic E-state index is 0.0802. The van der Waals surface area contributed by atoms with E-state index in [0.29, 0.717) is 12.8 Å². The second-order valence-electron chi connectivity index (χ2n) is 9.40. The van der Waals surface area contributed by atoms with Gasteiger partial charge < -0.3 is 10.6 Å². The highest BCUT2D eigenvalue weighted by molar-refractivity contribution is 7.86. The van der Waals surface area contributed by atoms with Gasteiger partial charge in [-0.05, 0) is 71.0 Å². The summed E-state index contributed by atoms with van der Waals surface area (Å²) in [5, 5.41) is 19.5. The van der Waals surface area contributed by atoms with Gasteiger partial charge in [-0.25, -0.2) is 0 Å². The lowest BCUT2D eigenvalue weighted by atomic mass is 9.79. The molecule has 1 heterocycles. The van der Waals surface area contributed by atoms with Crippen molar-refractivity contribution in [2.24, 2.45) is 0 Å². The van der Waals surface area contributed by atoms with E-state index in [4.69, 9.17) is 12.2 Å². The molecule has 0 spiro atoms. The first-order valence-corrected chi connectivity index (χ1v) is 13.3. The van der Waals surface area contributed by atoms with Crippen LogP contribution in [0.4, 0.5) is 5.69 Å².